The summed E-state index contributed by atoms with van der Waals surface area (Å²) in [7, 11) is 0. The van der Waals surface area contributed by atoms with Gasteiger partial charge in [-0.05, 0) is 26.0 Å². The Hall–Kier alpha value is -1.64. The van der Waals surface area contributed by atoms with Gasteiger partial charge in [-0.2, -0.15) is 0 Å². The molecule has 0 fully saturated rings. The number of imidazole rings is 1. The van der Waals surface area contributed by atoms with Crippen molar-refractivity contribution in [3.05, 3.63) is 47.8 Å². The van der Waals surface area contributed by atoms with Crippen LogP contribution in [0.3, 0.4) is 0 Å². The third-order valence-corrected chi connectivity index (χ3v) is 2.40. The Labute approximate surface area is 83.4 Å². The zero-order chi connectivity index (χ0) is 9.97. The van der Waals surface area contributed by atoms with E-state index in [9.17, 15) is 0 Å². The van der Waals surface area contributed by atoms with Crippen LogP contribution in [0.5, 0.6) is 0 Å². The molecule has 0 radical (unpaired) electrons. The van der Waals surface area contributed by atoms with Gasteiger partial charge in [-0.15, -0.1) is 0 Å². The summed E-state index contributed by atoms with van der Waals surface area (Å²) in [4.78, 5) is 8.52. The molecule has 0 aromatic carbocycles. The van der Waals surface area contributed by atoms with Crippen molar-refractivity contribution in [2.75, 3.05) is 0 Å². The summed E-state index contributed by atoms with van der Waals surface area (Å²) in [6, 6.07) is 5.95. The van der Waals surface area contributed by atoms with Gasteiger partial charge in [-0.1, -0.05) is 6.07 Å². The van der Waals surface area contributed by atoms with E-state index in [-0.39, 0.29) is 0 Å². The second-order valence-corrected chi connectivity index (χ2v) is 3.36. The first kappa shape index (κ1) is 8.94. The maximum absolute atomic E-state index is 4.28. The lowest BCUT2D eigenvalue weighted by Crippen LogP contribution is -2.01. The van der Waals surface area contributed by atoms with Crippen LogP contribution in [0.25, 0.3) is 0 Å². The summed E-state index contributed by atoms with van der Waals surface area (Å²) in [5.41, 5.74) is 3.35. The Bertz CT molecular complexity index is 417. The molecule has 0 saturated carbocycles. The van der Waals surface area contributed by atoms with E-state index in [4.69, 9.17) is 0 Å². The third kappa shape index (κ3) is 1.66. The van der Waals surface area contributed by atoms with Crippen LogP contribution in [0.2, 0.25) is 0 Å². The molecule has 0 unspecified atom stereocenters. The summed E-state index contributed by atoms with van der Waals surface area (Å²) < 4.78 is 2.11. The van der Waals surface area contributed by atoms with Gasteiger partial charge in [-0.25, -0.2) is 4.98 Å². The van der Waals surface area contributed by atoms with Gasteiger partial charge in [0.15, 0.2) is 0 Å². The SMILES string of the molecule is Cc1ncn(Cc2ccccn2)c1C. The van der Waals surface area contributed by atoms with E-state index in [2.05, 4.69) is 21.5 Å². The topological polar surface area (TPSA) is 30.7 Å². The predicted molar refractivity (Wildman–Crippen MR) is 55.0 cm³/mol. The van der Waals surface area contributed by atoms with Gasteiger partial charge in [0.05, 0.1) is 24.3 Å². The van der Waals surface area contributed by atoms with Crippen molar-refractivity contribution in [1.29, 1.82) is 0 Å². The van der Waals surface area contributed by atoms with Crippen LogP contribution >= 0.6 is 0 Å². The van der Waals surface area contributed by atoms with Crippen molar-refractivity contribution in [3.8, 4) is 0 Å². The third-order valence-electron chi connectivity index (χ3n) is 2.40. The molecule has 0 saturated heterocycles. The number of aryl methyl sites for hydroxylation is 1. The molecule has 0 aliphatic rings. The lowest BCUT2D eigenvalue weighted by Gasteiger charge is -2.03. The molecule has 3 heteroatoms. The summed E-state index contributed by atoms with van der Waals surface area (Å²) in [6.07, 6.45) is 3.67. The van der Waals surface area contributed by atoms with E-state index in [0.29, 0.717) is 0 Å². The predicted octanol–water partition coefficient (Wildman–Crippen LogP) is 1.94. The molecule has 0 spiro atoms. The second-order valence-electron chi connectivity index (χ2n) is 3.36. The highest BCUT2D eigenvalue weighted by molar-refractivity contribution is 5.12. The number of nitrogens with zero attached hydrogens (tertiary/aromatic N) is 3. The highest BCUT2D eigenvalue weighted by atomic mass is 15.1. The smallest absolute Gasteiger partial charge is 0.0955 e. The minimum Gasteiger partial charge on any atom is -0.329 e. The van der Waals surface area contributed by atoms with E-state index >= 15 is 0 Å². The van der Waals surface area contributed by atoms with E-state index in [1.807, 2.05) is 37.6 Å². The quantitative estimate of drug-likeness (QED) is 0.719. The van der Waals surface area contributed by atoms with Gasteiger partial charge < -0.3 is 4.57 Å². The molecular formula is C11H13N3. The lowest BCUT2D eigenvalue weighted by molar-refractivity contribution is 0.748. The Morgan fingerprint density at radius 1 is 1.21 bits per heavy atom. The fourth-order valence-electron chi connectivity index (χ4n) is 1.37. The van der Waals surface area contributed by atoms with Crippen molar-refractivity contribution >= 4 is 0 Å². The standard InChI is InChI=1S/C11H13N3/c1-9-10(2)14(8-13-9)7-11-5-3-4-6-12-11/h3-6,8H,7H2,1-2H3. The monoisotopic (exact) mass is 187 g/mol. The van der Waals surface area contributed by atoms with Crippen molar-refractivity contribution in [1.82, 2.24) is 14.5 Å². The van der Waals surface area contributed by atoms with Crippen LogP contribution in [-0.2, 0) is 6.54 Å². The summed E-state index contributed by atoms with van der Waals surface area (Å²) in [6.45, 7) is 4.89. The van der Waals surface area contributed by atoms with Crippen LogP contribution in [-0.4, -0.2) is 14.5 Å². The van der Waals surface area contributed by atoms with Crippen LogP contribution in [0.4, 0.5) is 0 Å². The van der Waals surface area contributed by atoms with Gasteiger partial charge in [0.1, 0.15) is 0 Å². The van der Waals surface area contributed by atoms with E-state index in [1.54, 1.807) is 0 Å². The van der Waals surface area contributed by atoms with Crippen molar-refractivity contribution < 1.29 is 0 Å². The normalized spacial score (nSPS) is 10.4. The number of rotatable bonds is 2. The Morgan fingerprint density at radius 2 is 2.07 bits per heavy atom. The summed E-state index contributed by atoms with van der Waals surface area (Å²) in [5, 5.41) is 0. The molecule has 0 N–H and O–H groups in total. The molecule has 3 nitrogen and oxygen atoms in total. The molecular weight excluding hydrogens is 174 g/mol. The fraction of sp³-hybridized carbons (Fsp3) is 0.273. The zero-order valence-electron chi connectivity index (χ0n) is 8.44. The Morgan fingerprint density at radius 3 is 2.64 bits per heavy atom. The lowest BCUT2D eigenvalue weighted by atomic mass is 10.3. The highest BCUT2D eigenvalue weighted by Crippen LogP contribution is 2.06. The van der Waals surface area contributed by atoms with Gasteiger partial charge in [0.2, 0.25) is 0 Å². The Kier molecular flexibility index (Phi) is 2.31. The van der Waals surface area contributed by atoms with Crippen LogP contribution in [0.15, 0.2) is 30.7 Å². The first-order chi connectivity index (χ1) is 6.77. The Balaban J connectivity index is 2.23. The van der Waals surface area contributed by atoms with Gasteiger partial charge in [0, 0.05) is 11.9 Å². The minimum atomic E-state index is 0.799. The molecule has 0 atom stereocenters. The second kappa shape index (κ2) is 3.62. The molecule has 2 heterocycles. The van der Waals surface area contributed by atoms with Gasteiger partial charge in [0.25, 0.3) is 0 Å². The minimum absolute atomic E-state index is 0.799. The van der Waals surface area contributed by atoms with Gasteiger partial charge in [-0.3, -0.25) is 4.98 Å². The van der Waals surface area contributed by atoms with Crippen molar-refractivity contribution in [2.24, 2.45) is 0 Å². The molecule has 0 aliphatic heterocycles. The molecule has 0 bridgehead atoms. The highest BCUT2D eigenvalue weighted by Gasteiger charge is 2.02. The zero-order valence-corrected chi connectivity index (χ0v) is 8.44. The first-order valence-corrected chi connectivity index (χ1v) is 4.65. The number of aromatic nitrogens is 3. The van der Waals surface area contributed by atoms with Crippen LogP contribution in [0, 0.1) is 13.8 Å². The summed E-state index contributed by atoms with van der Waals surface area (Å²) >= 11 is 0. The van der Waals surface area contributed by atoms with E-state index in [0.717, 1.165) is 17.9 Å². The molecule has 0 amide bonds. The number of pyridine rings is 1. The average molecular weight is 187 g/mol. The summed E-state index contributed by atoms with van der Waals surface area (Å²) in [5.74, 6) is 0. The first-order valence-electron chi connectivity index (χ1n) is 4.65. The van der Waals surface area contributed by atoms with E-state index < -0.39 is 0 Å². The molecule has 2 rings (SSSR count). The molecule has 2 aromatic heterocycles. The van der Waals surface area contributed by atoms with Crippen LogP contribution < -0.4 is 0 Å². The molecule has 72 valence electrons. The fourth-order valence-corrected chi connectivity index (χ4v) is 1.37. The average Bonchev–Trinajstić information content (AvgIpc) is 2.52. The largest absolute Gasteiger partial charge is 0.329 e. The van der Waals surface area contributed by atoms with Crippen molar-refractivity contribution in [2.45, 2.75) is 20.4 Å². The van der Waals surface area contributed by atoms with Gasteiger partial charge >= 0.3 is 0 Å². The maximum atomic E-state index is 4.28. The van der Waals surface area contributed by atoms with Crippen LogP contribution in [0.1, 0.15) is 17.1 Å². The van der Waals surface area contributed by atoms with Crippen molar-refractivity contribution in [3.63, 3.8) is 0 Å². The molecule has 14 heavy (non-hydrogen) atoms. The number of hydrogen-bond donors (Lipinski definition) is 0. The maximum Gasteiger partial charge on any atom is 0.0955 e. The molecule has 0 aliphatic carbocycles. The van der Waals surface area contributed by atoms with E-state index in [1.165, 1.54) is 5.69 Å². The number of hydrogen-bond acceptors (Lipinski definition) is 2. The molecule has 2 aromatic rings.